The Bertz CT molecular complexity index is 1470. The Morgan fingerprint density at radius 3 is 2.32 bits per heavy atom. The van der Waals surface area contributed by atoms with E-state index in [2.05, 4.69) is 22.0 Å². The van der Waals surface area contributed by atoms with Crippen molar-refractivity contribution in [2.45, 2.75) is 12.8 Å². The molecule has 0 unspecified atom stereocenters. The van der Waals surface area contributed by atoms with Gasteiger partial charge < -0.3 is 19.6 Å². The van der Waals surface area contributed by atoms with Crippen LogP contribution in [-0.4, -0.2) is 76.0 Å². The summed E-state index contributed by atoms with van der Waals surface area (Å²) in [6.07, 6.45) is 0. The van der Waals surface area contributed by atoms with Gasteiger partial charge in [0.05, 0.1) is 30.0 Å². The molecule has 9 nitrogen and oxygen atoms in total. The van der Waals surface area contributed by atoms with Crippen molar-refractivity contribution in [2.24, 2.45) is 0 Å². The Morgan fingerprint density at radius 2 is 1.68 bits per heavy atom. The second-order valence-electron chi connectivity index (χ2n) is 9.46. The van der Waals surface area contributed by atoms with Gasteiger partial charge in [-0.05, 0) is 41.5 Å². The fraction of sp³-hybridized carbons (Fsp3) is 0.286. The molecular weight excluding hydrogens is 470 g/mol. The highest BCUT2D eigenvalue weighted by Crippen LogP contribution is 2.39. The fourth-order valence-electron chi connectivity index (χ4n) is 5.10. The van der Waals surface area contributed by atoms with E-state index in [0.29, 0.717) is 32.0 Å². The maximum Gasteiger partial charge on any atom is 0.354 e. The summed E-state index contributed by atoms with van der Waals surface area (Å²) in [5, 5.41) is 15.7. The molecule has 0 bridgehead atoms. The van der Waals surface area contributed by atoms with E-state index in [-0.39, 0.29) is 17.5 Å². The Hall–Kier alpha value is -4.24. The summed E-state index contributed by atoms with van der Waals surface area (Å²) in [7, 11) is 0. The van der Waals surface area contributed by atoms with Gasteiger partial charge in [0.25, 0.3) is 0 Å². The van der Waals surface area contributed by atoms with Gasteiger partial charge in [-0.25, -0.2) is 14.5 Å². The van der Waals surface area contributed by atoms with E-state index in [1.165, 1.54) is 0 Å². The molecule has 0 saturated carbocycles. The van der Waals surface area contributed by atoms with Gasteiger partial charge in [-0.15, -0.1) is 0 Å². The molecule has 4 heterocycles. The lowest BCUT2D eigenvalue weighted by Crippen LogP contribution is -2.47. The number of carbonyl (C=O) groups excluding carboxylic acids is 1. The molecular formula is C28H27N5O4. The molecule has 1 amide bonds. The quantitative estimate of drug-likeness (QED) is 0.450. The van der Waals surface area contributed by atoms with Crippen LogP contribution < -0.4 is 4.90 Å². The molecule has 4 aromatic rings. The number of ether oxygens (including phenoxy) is 1. The average Bonchev–Trinajstić information content (AvgIpc) is 3.27. The van der Waals surface area contributed by atoms with Crippen molar-refractivity contribution in [3.8, 4) is 16.8 Å². The highest BCUT2D eigenvalue weighted by atomic mass is 16.5. The number of aromatic nitrogens is 3. The number of aromatic carboxylic acids is 1. The van der Waals surface area contributed by atoms with Crippen LogP contribution in [-0.2, 0) is 9.53 Å². The number of likely N-dealkylation sites (tertiary alicyclic amines) is 1. The third-order valence-corrected chi connectivity index (χ3v) is 7.15. The number of para-hydroxylation sites is 1. The first kappa shape index (κ1) is 23.2. The topological polar surface area (TPSA) is 101 Å². The van der Waals surface area contributed by atoms with Crippen molar-refractivity contribution in [3.63, 3.8) is 0 Å². The Morgan fingerprint density at radius 1 is 0.973 bits per heavy atom. The van der Waals surface area contributed by atoms with Gasteiger partial charge in [-0.2, -0.15) is 5.10 Å². The van der Waals surface area contributed by atoms with E-state index in [1.807, 2.05) is 42.5 Å². The minimum absolute atomic E-state index is 0.0354. The second-order valence-corrected chi connectivity index (χ2v) is 9.46. The largest absolute Gasteiger partial charge is 0.477 e. The van der Waals surface area contributed by atoms with Crippen molar-refractivity contribution in [1.82, 2.24) is 19.7 Å². The fourth-order valence-corrected chi connectivity index (χ4v) is 5.10. The van der Waals surface area contributed by atoms with Gasteiger partial charge in [0.1, 0.15) is 0 Å². The molecule has 2 fully saturated rings. The number of carbonyl (C=O) groups is 2. The molecule has 1 N–H and O–H groups in total. The first-order valence-electron chi connectivity index (χ1n) is 12.4. The molecule has 0 radical (unpaired) electrons. The third kappa shape index (κ3) is 4.21. The number of hydrogen-bond acceptors (Lipinski definition) is 6. The van der Waals surface area contributed by atoms with E-state index in [0.717, 1.165) is 46.7 Å². The molecule has 37 heavy (non-hydrogen) atoms. The summed E-state index contributed by atoms with van der Waals surface area (Å²) < 4.78 is 7.19. The summed E-state index contributed by atoms with van der Waals surface area (Å²) in [6, 6.07) is 19.4. The molecule has 188 valence electrons. The van der Waals surface area contributed by atoms with Crippen LogP contribution in [0.3, 0.4) is 0 Å². The van der Waals surface area contributed by atoms with Crippen molar-refractivity contribution in [1.29, 1.82) is 0 Å². The van der Waals surface area contributed by atoms with Crippen LogP contribution >= 0.6 is 0 Å². The van der Waals surface area contributed by atoms with Crippen LogP contribution in [0.5, 0.6) is 0 Å². The Kier molecular flexibility index (Phi) is 5.84. The van der Waals surface area contributed by atoms with E-state index >= 15 is 0 Å². The zero-order valence-corrected chi connectivity index (χ0v) is 20.5. The lowest BCUT2D eigenvalue weighted by Gasteiger charge is -2.37. The number of anilines is 1. The molecule has 0 aliphatic carbocycles. The number of carboxylic acids is 1. The van der Waals surface area contributed by atoms with Gasteiger partial charge in [-0.3, -0.25) is 4.79 Å². The van der Waals surface area contributed by atoms with Gasteiger partial charge >= 0.3 is 5.97 Å². The normalized spacial score (nSPS) is 16.1. The molecule has 2 saturated heterocycles. The van der Waals surface area contributed by atoms with Gasteiger partial charge in [0.15, 0.2) is 11.3 Å². The summed E-state index contributed by atoms with van der Waals surface area (Å²) in [4.78, 5) is 32.6. The minimum atomic E-state index is -1.10. The Balaban J connectivity index is 1.52. The van der Waals surface area contributed by atoms with Crippen molar-refractivity contribution < 1.29 is 19.4 Å². The van der Waals surface area contributed by atoms with Crippen LogP contribution in [0.4, 0.5) is 5.69 Å². The maximum atomic E-state index is 12.1. The molecule has 2 aromatic carbocycles. The number of carboxylic acid groups (broad SMARTS) is 1. The number of amides is 1. The van der Waals surface area contributed by atoms with Crippen LogP contribution in [0, 0.1) is 0 Å². The number of fused-ring (bicyclic) bond motifs is 1. The number of benzene rings is 2. The molecule has 0 spiro atoms. The predicted octanol–water partition coefficient (Wildman–Crippen LogP) is 3.57. The third-order valence-electron chi connectivity index (χ3n) is 7.15. The minimum Gasteiger partial charge on any atom is -0.477 e. The number of rotatable bonds is 5. The van der Waals surface area contributed by atoms with Gasteiger partial charge in [-0.1, -0.05) is 30.3 Å². The lowest BCUT2D eigenvalue weighted by molar-refractivity contribution is -0.133. The van der Waals surface area contributed by atoms with Crippen molar-refractivity contribution in [2.75, 3.05) is 44.3 Å². The van der Waals surface area contributed by atoms with E-state index in [1.54, 1.807) is 22.6 Å². The highest BCUT2D eigenvalue weighted by molar-refractivity contribution is 6.00. The van der Waals surface area contributed by atoms with Gasteiger partial charge in [0.2, 0.25) is 5.91 Å². The summed E-state index contributed by atoms with van der Waals surface area (Å²) in [5.74, 6) is -1.02. The number of nitrogens with zero attached hydrogens (tertiary/aromatic N) is 5. The monoisotopic (exact) mass is 497 g/mol. The SMILES string of the molecule is CC(=O)N1CC(c2nn(-c3ccccc3)c3nc(C(=O)O)cc(-c4ccc(N5CCOCC5)cc4)c23)C1. The first-order chi connectivity index (χ1) is 18.0. The molecule has 0 atom stereocenters. The molecule has 2 aliphatic heterocycles. The van der Waals surface area contributed by atoms with Crippen LogP contribution in [0.15, 0.2) is 60.7 Å². The molecule has 6 rings (SSSR count). The van der Waals surface area contributed by atoms with Crippen LogP contribution in [0.2, 0.25) is 0 Å². The number of hydrogen-bond donors (Lipinski definition) is 1. The van der Waals surface area contributed by atoms with E-state index in [4.69, 9.17) is 9.84 Å². The summed E-state index contributed by atoms with van der Waals surface area (Å²) >= 11 is 0. The standard InChI is InChI=1S/C28H27N5O4/c1-18(34)32-16-20(17-32)26-25-23(19-7-9-21(10-8-19)31-11-13-37-14-12-31)15-24(28(35)36)29-27(25)33(30-26)22-5-3-2-4-6-22/h2-10,15,20H,11-14,16-17H2,1H3,(H,35,36). The lowest BCUT2D eigenvalue weighted by atomic mass is 9.91. The number of morpholine rings is 1. The zero-order chi connectivity index (χ0) is 25.5. The first-order valence-corrected chi connectivity index (χ1v) is 12.4. The Labute approximate surface area is 213 Å². The van der Waals surface area contributed by atoms with Crippen molar-refractivity contribution in [3.05, 3.63) is 72.1 Å². The summed E-state index contributed by atoms with van der Waals surface area (Å²) in [5.41, 5.74) is 4.85. The predicted molar refractivity (Wildman–Crippen MR) is 139 cm³/mol. The number of pyridine rings is 1. The van der Waals surface area contributed by atoms with Gasteiger partial charge in [0, 0.05) is 44.7 Å². The highest BCUT2D eigenvalue weighted by Gasteiger charge is 2.35. The molecule has 9 heteroatoms. The molecule has 2 aliphatic rings. The second kappa shape index (κ2) is 9.33. The van der Waals surface area contributed by atoms with Crippen LogP contribution in [0.1, 0.15) is 29.0 Å². The average molecular weight is 498 g/mol. The van der Waals surface area contributed by atoms with E-state index < -0.39 is 5.97 Å². The van der Waals surface area contributed by atoms with Crippen molar-refractivity contribution >= 4 is 28.6 Å². The smallest absolute Gasteiger partial charge is 0.354 e. The summed E-state index contributed by atoms with van der Waals surface area (Å²) in [6.45, 7) is 5.80. The van der Waals surface area contributed by atoms with Crippen LogP contribution in [0.25, 0.3) is 27.8 Å². The zero-order valence-electron chi connectivity index (χ0n) is 20.5. The maximum absolute atomic E-state index is 12.1. The van der Waals surface area contributed by atoms with E-state index in [9.17, 15) is 14.7 Å². The molecule has 2 aromatic heterocycles.